The second-order valence-corrected chi connectivity index (χ2v) is 7.86. The molecule has 0 spiro atoms. The molecule has 2 fully saturated rings. The van der Waals surface area contributed by atoms with E-state index in [1.54, 1.807) is 12.3 Å². The van der Waals surface area contributed by atoms with Crippen LogP contribution in [0.2, 0.25) is 0 Å². The largest absolute Gasteiger partial charge is 0.369 e. The van der Waals surface area contributed by atoms with Gasteiger partial charge in [0.25, 0.3) is 5.92 Å². The summed E-state index contributed by atoms with van der Waals surface area (Å²) in [6.07, 6.45) is 3.62. The number of pyridine rings is 1. The lowest BCUT2D eigenvalue weighted by molar-refractivity contribution is 0.0984. The van der Waals surface area contributed by atoms with Crippen LogP contribution in [0.1, 0.15) is 36.6 Å². The molecule has 2 aliphatic rings. The van der Waals surface area contributed by atoms with E-state index in [1.165, 1.54) is 9.96 Å². The first-order valence-corrected chi connectivity index (χ1v) is 9.73. The lowest BCUT2D eigenvalue weighted by Gasteiger charge is -2.34. The van der Waals surface area contributed by atoms with Gasteiger partial charge in [-0.05, 0) is 30.4 Å². The summed E-state index contributed by atoms with van der Waals surface area (Å²) in [5, 5.41) is 7.89. The first-order valence-electron chi connectivity index (χ1n) is 9.73. The van der Waals surface area contributed by atoms with Crippen molar-refractivity contribution in [2.24, 2.45) is 5.92 Å². The van der Waals surface area contributed by atoms with Crippen LogP contribution in [0, 0.1) is 11.7 Å². The maximum Gasteiger partial charge on any atom is 0.252 e. The van der Waals surface area contributed by atoms with Gasteiger partial charge in [-0.25, -0.2) is 13.2 Å². The van der Waals surface area contributed by atoms with Crippen molar-refractivity contribution in [1.82, 2.24) is 14.6 Å². The lowest BCUT2D eigenvalue weighted by atomic mass is 9.89. The summed E-state index contributed by atoms with van der Waals surface area (Å²) >= 11 is 0. The van der Waals surface area contributed by atoms with Crippen LogP contribution >= 0.6 is 0 Å². The molecule has 1 aliphatic carbocycles. The highest BCUT2D eigenvalue weighted by molar-refractivity contribution is 5.58. The molecule has 28 heavy (non-hydrogen) atoms. The summed E-state index contributed by atoms with van der Waals surface area (Å²) in [6.45, 7) is 1.53. The standard InChI is InChI=1S/C21H21F3N4/c22-19-17(27-9-6-15(7-10-27)14-4-2-1-3-5-14)8-11-28-18(25-26-20(19)28)12-16-13-21(16,23)24/h1-5,8,11,15-16H,6-7,9-10,12-13H2. The van der Waals surface area contributed by atoms with Gasteiger partial charge in [0.1, 0.15) is 5.82 Å². The SMILES string of the molecule is Fc1c(N2CCC(c3ccccc3)CC2)ccn2c(CC3CC3(F)F)nnc12. The smallest absolute Gasteiger partial charge is 0.252 e. The van der Waals surface area contributed by atoms with Crippen molar-refractivity contribution in [2.75, 3.05) is 18.0 Å². The highest BCUT2D eigenvalue weighted by Gasteiger charge is 2.56. The summed E-state index contributed by atoms with van der Waals surface area (Å²) < 4.78 is 43.0. The molecule has 1 atom stereocenters. The summed E-state index contributed by atoms with van der Waals surface area (Å²) in [4.78, 5) is 2.04. The average Bonchev–Trinajstić information content (AvgIpc) is 3.10. The minimum atomic E-state index is -2.62. The Hall–Kier alpha value is -2.57. The Balaban J connectivity index is 1.33. The van der Waals surface area contributed by atoms with Crippen LogP contribution in [0.4, 0.5) is 18.9 Å². The summed E-state index contributed by atoms with van der Waals surface area (Å²) in [5.41, 5.74) is 1.95. The van der Waals surface area contributed by atoms with E-state index in [0.29, 0.717) is 17.4 Å². The number of aromatic nitrogens is 3. The molecule has 0 bridgehead atoms. The van der Waals surface area contributed by atoms with Gasteiger partial charge < -0.3 is 4.90 Å². The van der Waals surface area contributed by atoms with E-state index in [4.69, 9.17) is 0 Å². The summed E-state index contributed by atoms with van der Waals surface area (Å²) in [7, 11) is 0. The van der Waals surface area contributed by atoms with Gasteiger partial charge in [0.2, 0.25) is 0 Å². The number of rotatable bonds is 4. The molecule has 3 aromatic rings. The third-order valence-electron chi connectivity index (χ3n) is 6.06. The first-order chi connectivity index (χ1) is 13.5. The van der Waals surface area contributed by atoms with Gasteiger partial charge in [0.15, 0.2) is 11.5 Å². The minimum absolute atomic E-state index is 0.113. The van der Waals surface area contributed by atoms with Crippen LogP contribution in [0.15, 0.2) is 42.6 Å². The fourth-order valence-electron chi connectivity index (χ4n) is 4.24. The predicted molar refractivity (Wildman–Crippen MR) is 100 cm³/mol. The number of benzene rings is 1. The molecular weight excluding hydrogens is 365 g/mol. The number of nitrogens with zero attached hydrogens (tertiary/aromatic N) is 4. The Morgan fingerprint density at radius 1 is 1.04 bits per heavy atom. The Labute approximate surface area is 161 Å². The molecule has 0 amide bonds. The van der Waals surface area contributed by atoms with E-state index in [9.17, 15) is 8.78 Å². The molecule has 7 heteroatoms. The van der Waals surface area contributed by atoms with Gasteiger partial charge in [-0.3, -0.25) is 4.40 Å². The van der Waals surface area contributed by atoms with Crippen LogP contribution < -0.4 is 4.90 Å². The molecule has 0 radical (unpaired) electrons. The quantitative estimate of drug-likeness (QED) is 0.664. The number of hydrogen-bond donors (Lipinski definition) is 0. The molecule has 0 N–H and O–H groups in total. The van der Waals surface area contributed by atoms with Gasteiger partial charge in [-0.2, -0.15) is 0 Å². The third kappa shape index (κ3) is 3.02. The Bertz CT molecular complexity index is 994. The monoisotopic (exact) mass is 386 g/mol. The molecular formula is C21H21F3N4. The van der Waals surface area contributed by atoms with Gasteiger partial charge >= 0.3 is 0 Å². The molecule has 1 saturated heterocycles. The molecule has 5 rings (SSSR count). The van der Waals surface area contributed by atoms with E-state index in [1.807, 2.05) is 11.0 Å². The number of anilines is 1. The summed E-state index contributed by atoms with van der Waals surface area (Å²) in [6, 6.07) is 12.1. The highest BCUT2D eigenvalue weighted by Crippen LogP contribution is 2.50. The Kier molecular flexibility index (Phi) is 4.07. The average molecular weight is 386 g/mol. The zero-order valence-corrected chi connectivity index (χ0v) is 15.4. The lowest BCUT2D eigenvalue weighted by Crippen LogP contribution is -2.33. The molecule has 1 saturated carbocycles. The van der Waals surface area contributed by atoms with Crippen LogP contribution in [-0.2, 0) is 6.42 Å². The molecule has 1 aliphatic heterocycles. The first kappa shape index (κ1) is 17.5. The zero-order valence-electron chi connectivity index (χ0n) is 15.4. The van der Waals surface area contributed by atoms with Crippen molar-refractivity contribution >= 4 is 11.3 Å². The fourth-order valence-corrected chi connectivity index (χ4v) is 4.24. The van der Waals surface area contributed by atoms with Crippen molar-refractivity contribution < 1.29 is 13.2 Å². The zero-order chi connectivity index (χ0) is 19.3. The van der Waals surface area contributed by atoms with E-state index in [-0.39, 0.29) is 18.5 Å². The molecule has 2 aromatic heterocycles. The highest BCUT2D eigenvalue weighted by atomic mass is 19.3. The second kappa shape index (κ2) is 6.50. The van der Waals surface area contributed by atoms with Crippen LogP contribution in [0.3, 0.4) is 0 Å². The van der Waals surface area contributed by atoms with Crippen molar-refractivity contribution in [1.29, 1.82) is 0 Å². The van der Waals surface area contributed by atoms with Crippen molar-refractivity contribution in [3.63, 3.8) is 0 Å². The number of piperidine rings is 1. The minimum Gasteiger partial charge on any atom is -0.369 e. The van der Waals surface area contributed by atoms with Crippen LogP contribution in [-0.4, -0.2) is 33.6 Å². The summed E-state index contributed by atoms with van der Waals surface area (Å²) in [5.74, 6) is -2.87. The third-order valence-corrected chi connectivity index (χ3v) is 6.06. The second-order valence-electron chi connectivity index (χ2n) is 7.86. The fraction of sp³-hybridized carbons (Fsp3) is 0.429. The molecule has 4 nitrogen and oxygen atoms in total. The number of fused-ring (bicyclic) bond motifs is 1. The molecule has 3 heterocycles. The topological polar surface area (TPSA) is 33.4 Å². The van der Waals surface area contributed by atoms with Gasteiger partial charge in [0, 0.05) is 38.0 Å². The van der Waals surface area contributed by atoms with Crippen molar-refractivity contribution in [3.05, 3.63) is 59.8 Å². The predicted octanol–water partition coefficient (Wildman–Crippen LogP) is 4.45. The van der Waals surface area contributed by atoms with Gasteiger partial charge in [0.05, 0.1) is 5.69 Å². The van der Waals surface area contributed by atoms with E-state index >= 15 is 4.39 Å². The van der Waals surface area contributed by atoms with Gasteiger partial charge in [-0.15, -0.1) is 10.2 Å². The van der Waals surface area contributed by atoms with Crippen LogP contribution in [0.5, 0.6) is 0 Å². The Morgan fingerprint density at radius 2 is 1.75 bits per heavy atom. The normalized spacial score (nSPS) is 22.0. The molecule has 1 aromatic carbocycles. The van der Waals surface area contributed by atoms with Crippen LogP contribution in [0.25, 0.3) is 5.65 Å². The number of alkyl halides is 2. The Morgan fingerprint density at radius 3 is 2.43 bits per heavy atom. The number of hydrogen-bond acceptors (Lipinski definition) is 3. The number of halogens is 3. The molecule has 1 unspecified atom stereocenters. The van der Waals surface area contributed by atoms with E-state index in [2.05, 4.69) is 34.5 Å². The molecule has 146 valence electrons. The van der Waals surface area contributed by atoms with E-state index < -0.39 is 17.7 Å². The van der Waals surface area contributed by atoms with Crippen molar-refractivity contribution in [3.8, 4) is 0 Å². The maximum absolute atomic E-state index is 15.1. The maximum atomic E-state index is 15.1. The van der Waals surface area contributed by atoms with E-state index in [0.717, 1.165) is 25.9 Å². The van der Waals surface area contributed by atoms with Crippen molar-refractivity contribution in [2.45, 2.75) is 37.5 Å². The van der Waals surface area contributed by atoms with Gasteiger partial charge in [-0.1, -0.05) is 30.3 Å².